The number of imide groups is 1. The molecular formula is C17H25N5O6S. The van der Waals surface area contributed by atoms with Crippen LogP contribution in [0.5, 0.6) is 0 Å². The number of nitro benzene ring substituents is 1. The molecule has 1 saturated heterocycles. The smallest absolute Gasteiger partial charge is 0.321 e. The number of benzene rings is 1. The minimum Gasteiger partial charge on any atom is -0.333 e. The van der Waals surface area contributed by atoms with Crippen LogP contribution in [0.25, 0.3) is 0 Å². The first kappa shape index (κ1) is 22.7. The van der Waals surface area contributed by atoms with Gasteiger partial charge >= 0.3 is 6.03 Å². The van der Waals surface area contributed by atoms with E-state index in [9.17, 15) is 28.1 Å². The number of carbonyl (C=O) groups is 2. The Morgan fingerprint density at radius 2 is 1.72 bits per heavy atom. The van der Waals surface area contributed by atoms with Crippen LogP contribution in [0, 0.1) is 10.1 Å². The number of carbonyl (C=O) groups excluding carboxylic acids is 2. The molecule has 1 aliphatic heterocycles. The van der Waals surface area contributed by atoms with Crippen LogP contribution >= 0.6 is 0 Å². The predicted octanol–water partition coefficient (Wildman–Crippen LogP) is 0.525. The minimum atomic E-state index is -4.03. The molecule has 160 valence electrons. The van der Waals surface area contributed by atoms with E-state index >= 15 is 0 Å². The molecule has 0 aromatic heterocycles. The molecule has 1 aromatic rings. The molecule has 1 heterocycles. The lowest BCUT2D eigenvalue weighted by Gasteiger charge is -2.33. The van der Waals surface area contributed by atoms with Crippen LogP contribution in [-0.4, -0.2) is 72.7 Å². The molecule has 0 bridgehead atoms. The Kier molecular flexibility index (Phi) is 6.93. The Labute approximate surface area is 169 Å². The van der Waals surface area contributed by atoms with Gasteiger partial charge in [0.25, 0.3) is 5.69 Å². The van der Waals surface area contributed by atoms with Gasteiger partial charge in [0.2, 0.25) is 15.9 Å². The number of nitrogens with zero attached hydrogens (tertiary/aromatic N) is 3. The lowest BCUT2D eigenvalue weighted by molar-refractivity contribution is -0.387. The zero-order chi connectivity index (χ0) is 21.8. The molecular weight excluding hydrogens is 402 g/mol. The van der Waals surface area contributed by atoms with Crippen LogP contribution in [0.1, 0.15) is 20.8 Å². The van der Waals surface area contributed by atoms with Crippen LogP contribution in [0.15, 0.2) is 29.2 Å². The Morgan fingerprint density at radius 1 is 1.14 bits per heavy atom. The number of nitrogens with one attached hydrogen (secondary N) is 2. The quantitative estimate of drug-likeness (QED) is 0.515. The third-order valence-electron chi connectivity index (χ3n) is 4.12. The average Bonchev–Trinajstić information content (AvgIpc) is 2.60. The molecule has 0 saturated carbocycles. The second-order valence-corrected chi connectivity index (χ2v) is 9.56. The van der Waals surface area contributed by atoms with Gasteiger partial charge in [-0.2, -0.15) is 4.31 Å². The Hall–Kier alpha value is -2.57. The van der Waals surface area contributed by atoms with Gasteiger partial charge in [-0.3, -0.25) is 25.1 Å². The van der Waals surface area contributed by atoms with Crippen LogP contribution in [0.4, 0.5) is 10.5 Å². The van der Waals surface area contributed by atoms with Gasteiger partial charge in [-0.1, -0.05) is 12.1 Å². The summed E-state index contributed by atoms with van der Waals surface area (Å²) in [4.78, 5) is 35.5. The summed E-state index contributed by atoms with van der Waals surface area (Å²) in [5.74, 6) is -0.498. The van der Waals surface area contributed by atoms with Gasteiger partial charge in [0.05, 0.1) is 11.5 Å². The van der Waals surface area contributed by atoms with Crippen LogP contribution in [0.2, 0.25) is 0 Å². The summed E-state index contributed by atoms with van der Waals surface area (Å²) in [7, 11) is -4.03. The monoisotopic (exact) mass is 427 g/mol. The Balaban J connectivity index is 1.94. The maximum Gasteiger partial charge on any atom is 0.321 e. The van der Waals surface area contributed by atoms with E-state index in [1.54, 1.807) is 25.7 Å². The van der Waals surface area contributed by atoms with E-state index in [1.165, 1.54) is 18.2 Å². The molecule has 2 rings (SSSR count). The van der Waals surface area contributed by atoms with E-state index in [4.69, 9.17) is 0 Å². The molecule has 0 unspecified atom stereocenters. The second-order valence-electron chi connectivity index (χ2n) is 7.66. The first-order chi connectivity index (χ1) is 13.4. The fourth-order valence-corrected chi connectivity index (χ4v) is 4.41. The molecule has 3 amide bonds. The van der Waals surface area contributed by atoms with Crippen molar-refractivity contribution < 1.29 is 22.9 Å². The molecule has 29 heavy (non-hydrogen) atoms. The number of nitro groups is 1. The second kappa shape index (κ2) is 8.84. The molecule has 0 spiro atoms. The van der Waals surface area contributed by atoms with E-state index in [1.807, 2.05) is 0 Å². The third kappa shape index (κ3) is 6.21. The third-order valence-corrected chi connectivity index (χ3v) is 6.07. The lowest BCUT2D eigenvalue weighted by atomic mass is 10.1. The number of urea groups is 1. The molecule has 1 fully saturated rings. The van der Waals surface area contributed by atoms with Crippen LogP contribution in [0.3, 0.4) is 0 Å². The highest BCUT2D eigenvalue weighted by atomic mass is 32.2. The fraction of sp³-hybridized carbons (Fsp3) is 0.529. The van der Waals surface area contributed by atoms with Gasteiger partial charge in [0.1, 0.15) is 0 Å². The highest BCUT2D eigenvalue weighted by molar-refractivity contribution is 7.89. The predicted molar refractivity (Wildman–Crippen MR) is 105 cm³/mol. The summed E-state index contributed by atoms with van der Waals surface area (Å²) in [6.45, 7) is 5.97. The molecule has 0 aliphatic carbocycles. The largest absolute Gasteiger partial charge is 0.333 e. The molecule has 1 aromatic carbocycles. The number of piperazine rings is 1. The number of hydrogen-bond donors (Lipinski definition) is 2. The van der Waals surface area contributed by atoms with Crippen molar-refractivity contribution in [3.63, 3.8) is 0 Å². The molecule has 0 radical (unpaired) electrons. The number of sulfonamides is 1. The fourth-order valence-electron chi connectivity index (χ4n) is 2.83. The van der Waals surface area contributed by atoms with Gasteiger partial charge in [-0.25, -0.2) is 13.2 Å². The highest BCUT2D eigenvalue weighted by Crippen LogP contribution is 2.26. The lowest BCUT2D eigenvalue weighted by Crippen LogP contribution is -2.53. The SMILES string of the molecule is CC(C)(C)NC(=O)NC(=O)CN1CCN(S(=O)(=O)c2ccccc2[N+](=O)[O-])CC1. The summed E-state index contributed by atoms with van der Waals surface area (Å²) >= 11 is 0. The first-order valence-electron chi connectivity index (χ1n) is 8.98. The highest BCUT2D eigenvalue weighted by Gasteiger charge is 2.33. The average molecular weight is 427 g/mol. The topological polar surface area (TPSA) is 142 Å². The van der Waals surface area contributed by atoms with Crippen molar-refractivity contribution in [1.29, 1.82) is 0 Å². The standard InChI is InChI=1S/C17H25N5O6S/c1-17(2,3)19-16(24)18-15(23)12-20-8-10-21(11-9-20)29(27,28)14-7-5-4-6-13(14)22(25)26/h4-7H,8-12H2,1-3H3,(H2,18,19,23,24). The number of para-hydroxylation sites is 1. The zero-order valence-corrected chi connectivity index (χ0v) is 17.4. The summed E-state index contributed by atoms with van der Waals surface area (Å²) in [6, 6.07) is 4.60. The van der Waals surface area contributed by atoms with E-state index < -0.39 is 38.1 Å². The van der Waals surface area contributed by atoms with Crippen molar-refractivity contribution in [2.75, 3.05) is 32.7 Å². The number of rotatable bonds is 5. The van der Waals surface area contributed by atoms with E-state index in [0.29, 0.717) is 0 Å². The minimum absolute atomic E-state index is 0.0586. The summed E-state index contributed by atoms with van der Waals surface area (Å²) in [5, 5.41) is 16.0. The van der Waals surface area contributed by atoms with Gasteiger partial charge in [0.15, 0.2) is 4.90 Å². The van der Waals surface area contributed by atoms with E-state index in [-0.39, 0.29) is 37.6 Å². The zero-order valence-electron chi connectivity index (χ0n) is 16.5. The van der Waals surface area contributed by atoms with E-state index in [0.717, 1.165) is 10.4 Å². The van der Waals surface area contributed by atoms with Gasteiger partial charge in [0, 0.05) is 37.8 Å². The van der Waals surface area contributed by atoms with Crippen molar-refractivity contribution in [3.05, 3.63) is 34.4 Å². The van der Waals surface area contributed by atoms with Crippen molar-refractivity contribution in [3.8, 4) is 0 Å². The first-order valence-corrected chi connectivity index (χ1v) is 10.4. The van der Waals surface area contributed by atoms with Crippen molar-refractivity contribution >= 4 is 27.6 Å². The summed E-state index contributed by atoms with van der Waals surface area (Å²) < 4.78 is 26.7. The van der Waals surface area contributed by atoms with Gasteiger partial charge in [-0.05, 0) is 26.8 Å². The molecule has 12 heteroatoms. The Morgan fingerprint density at radius 3 is 2.28 bits per heavy atom. The van der Waals surface area contributed by atoms with Gasteiger partial charge < -0.3 is 5.32 Å². The van der Waals surface area contributed by atoms with Crippen LogP contribution < -0.4 is 10.6 Å². The summed E-state index contributed by atoms with van der Waals surface area (Å²) in [5.41, 5.74) is -0.955. The molecule has 1 aliphatic rings. The number of hydrogen-bond acceptors (Lipinski definition) is 7. The maximum absolute atomic E-state index is 12.8. The molecule has 11 nitrogen and oxygen atoms in total. The summed E-state index contributed by atoms with van der Waals surface area (Å²) in [6.07, 6.45) is 0. The van der Waals surface area contributed by atoms with Crippen LogP contribution in [-0.2, 0) is 14.8 Å². The van der Waals surface area contributed by atoms with Crippen molar-refractivity contribution in [2.45, 2.75) is 31.2 Å². The van der Waals surface area contributed by atoms with Crippen molar-refractivity contribution in [2.24, 2.45) is 0 Å². The maximum atomic E-state index is 12.8. The Bertz CT molecular complexity index is 888. The number of amides is 3. The van der Waals surface area contributed by atoms with Crippen molar-refractivity contribution in [1.82, 2.24) is 19.8 Å². The van der Waals surface area contributed by atoms with Gasteiger partial charge in [-0.15, -0.1) is 0 Å². The molecule has 2 N–H and O–H groups in total. The van der Waals surface area contributed by atoms with E-state index in [2.05, 4.69) is 10.6 Å². The molecule has 0 atom stereocenters. The normalized spacial score (nSPS) is 16.2.